The number of pyridine rings is 2. The third-order valence-electron chi connectivity index (χ3n) is 12.4. The topological polar surface area (TPSA) is 269 Å². The zero-order valence-corrected chi connectivity index (χ0v) is 34.9. The first-order valence-corrected chi connectivity index (χ1v) is 19.4. The molecular formula is C41H48N2O18. The quantitative estimate of drug-likeness (QED) is 0.283. The van der Waals surface area contributed by atoms with E-state index < -0.39 is 137 Å². The number of cyclic esters (lactones) is 1. The van der Waals surface area contributed by atoms with Gasteiger partial charge in [-0.2, -0.15) is 0 Å². The van der Waals surface area contributed by atoms with E-state index in [4.69, 9.17) is 37.9 Å². The lowest BCUT2D eigenvalue weighted by molar-refractivity contribution is -0.386. The number of hydrogen-bond donors (Lipinski definition) is 2. The number of ether oxygens (including phenoxy) is 8. The molecule has 4 aliphatic rings. The van der Waals surface area contributed by atoms with Gasteiger partial charge in [0, 0.05) is 59.1 Å². The fourth-order valence-electron chi connectivity index (χ4n) is 9.64. The highest BCUT2D eigenvalue weighted by molar-refractivity contribution is 5.91. The summed E-state index contributed by atoms with van der Waals surface area (Å²) in [5.41, 5.74) is -11.1. The number of esters is 7. The third kappa shape index (κ3) is 7.12. The molecule has 61 heavy (non-hydrogen) atoms. The minimum absolute atomic E-state index is 0.0591. The Labute approximate surface area is 348 Å². The monoisotopic (exact) mass is 856 g/mol. The van der Waals surface area contributed by atoms with Crippen molar-refractivity contribution in [3.05, 3.63) is 63.8 Å². The van der Waals surface area contributed by atoms with Gasteiger partial charge in [-0.15, -0.1) is 0 Å². The average Bonchev–Trinajstić information content (AvgIpc) is 3.40. The van der Waals surface area contributed by atoms with E-state index in [2.05, 4.69) is 4.98 Å². The molecule has 1 saturated heterocycles. The van der Waals surface area contributed by atoms with Crippen molar-refractivity contribution < 1.29 is 81.7 Å². The Morgan fingerprint density at radius 2 is 1.51 bits per heavy atom. The predicted octanol–water partition coefficient (Wildman–Crippen LogP) is 0.455. The number of hydrogen-bond acceptors (Lipinski definition) is 19. The van der Waals surface area contributed by atoms with Crippen LogP contribution in [0.4, 0.5) is 0 Å². The summed E-state index contributed by atoms with van der Waals surface area (Å²) >= 11 is 0. The summed E-state index contributed by atoms with van der Waals surface area (Å²) in [7, 11) is 1.35. The predicted molar refractivity (Wildman–Crippen MR) is 201 cm³/mol. The van der Waals surface area contributed by atoms with Crippen LogP contribution in [0, 0.1) is 17.3 Å². The first kappa shape index (κ1) is 44.8. The van der Waals surface area contributed by atoms with Gasteiger partial charge in [0.2, 0.25) is 5.56 Å². The van der Waals surface area contributed by atoms with Crippen molar-refractivity contribution in [2.75, 3.05) is 13.2 Å². The van der Waals surface area contributed by atoms with Crippen LogP contribution in [0.1, 0.15) is 87.7 Å². The molecule has 4 bridgehead atoms. The summed E-state index contributed by atoms with van der Waals surface area (Å²) in [6, 6.07) is 5.05. The molecular weight excluding hydrogens is 808 g/mol. The lowest BCUT2D eigenvalue weighted by atomic mass is 9.45. The van der Waals surface area contributed by atoms with Crippen LogP contribution in [0.3, 0.4) is 0 Å². The van der Waals surface area contributed by atoms with Crippen LogP contribution in [-0.2, 0) is 68.9 Å². The van der Waals surface area contributed by atoms with E-state index in [-0.39, 0.29) is 16.8 Å². The van der Waals surface area contributed by atoms with E-state index in [0.29, 0.717) is 0 Å². The number of fused-ring (bicyclic) bond motifs is 5. The Morgan fingerprint density at radius 1 is 0.869 bits per heavy atom. The highest BCUT2D eigenvalue weighted by Gasteiger charge is 2.91. The smallest absolute Gasteiger partial charge is 0.340 e. The van der Waals surface area contributed by atoms with Gasteiger partial charge in [0.25, 0.3) is 0 Å². The van der Waals surface area contributed by atoms with E-state index >= 15 is 0 Å². The standard InChI is InChI=1S/C41H48N2O18/c1-18-19(2)35(50)60-33-30(59-36(51)24-12-13-26(48)43(9)15-24)31(49)40(17-54-20(3)44)34(58-23(6)47)29(56-21(4)45)27-32(57-22(5)46)41(40,39(33,8)53)61-38(27,7)16-55-37(52)25-11-10-14-42-28(18)25/h10-15,18-19,27,29-34,49,53H,16-17H2,1-9H3. The zero-order chi connectivity index (χ0) is 45.1. The molecule has 0 aromatic carbocycles. The summed E-state index contributed by atoms with van der Waals surface area (Å²) in [4.78, 5) is 112. The highest BCUT2D eigenvalue weighted by atomic mass is 16.7. The fraction of sp³-hybridized carbons (Fsp3) is 0.585. The zero-order valence-electron chi connectivity index (χ0n) is 34.9. The van der Waals surface area contributed by atoms with Crippen LogP contribution in [0.15, 0.2) is 41.5 Å². The summed E-state index contributed by atoms with van der Waals surface area (Å²) in [5.74, 6) is -11.0. The molecule has 2 aliphatic heterocycles. The highest BCUT2D eigenvalue weighted by Crippen LogP contribution is 2.69. The van der Waals surface area contributed by atoms with E-state index in [1.54, 1.807) is 6.92 Å². The van der Waals surface area contributed by atoms with Crippen molar-refractivity contribution in [3.8, 4) is 0 Å². The summed E-state index contributed by atoms with van der Waals surface area (Å²) < 4.78 is 49.5. The Balaban J connectivity index is 1.74. The second kappa shape index (κ2) is 15.9. The fourth-order valence-corrected chi connectivity index (χ4v) is 9.64. The van der Waals surface area contributed by atoms with E-state index in [1.165, 1.54) is 39.2 Å². The number of rotatable bonds is 7. The second-order valence-electron chi connectivity index (χ2n) is 16.4. The minimum Gasteiger partial charge on any atom is -0.465 e. The number of aliphatic hydroxyl groups excluding tert-OH is 1. The van der Waals surface area contributed by atoms with Gasteiger partial charge in [-0.05, 0) is 32.0 Å². The number of aryl methyl sites for hydroxylation is 1. The molecule has 0 amide bonds. The average molecular weight is 857 g/mol. The normalized spacial score (nSPS) is 36.5. The van der Waals surface area contributed by atoms with Gasteiger partial charge in [-0.1, -0.05) is 13.8 Å². The maximum Gasteiger partial charge on any atom is 0.340 e. The Bertz CT molecular complexity index is 2220. The number of carbonyl (C=O) groups excluding carboxylic acids is 7. The largest absolute Gasteiger partial charge is 0.465 e. The lowest BCUT2D eigenvalue weighted by Crippen LogP contribution is -2.89. The minimum atomic E-state index is -2.89. The Morgan fingerprint density at radius 3 is 2.11 bits per heavy atom. The Hall–Kier alpha value is -5.73. The first-order valence-electron chi connectivity index (χ1n) is 19.4. The third-order valence-corrected chi connectivity index (χ3v) is 12.4. The van der Waals surface area contributed by atoms with Gasteiger partial charge in [-0.3, -0.25) is 33.8 Å². The number of nitrogens with zero attached hydrogens (tertiary/aromatic N) is 2. The van der Waals surface area contributed by atoms with Crippen molar-refractivity contribution in [1.82, 2.24) is 9.55 Å². The molecule has 2 aliphatic carbocycles. The molecule has 1 spiro atoms. The van der Waals surface area contributed by atoms with Gasteiger partial charge >= 0.3 is 41.8 Å². The summed E-state index contributed by atoms with van der Waals surface area (Å²) in [6.07, 6.45) is -10.2. The van der Waals surface area contributed by atoms with Gasteiger partial charge in [0.1, 0.15) is 48.1 Å². The van der Waals surface area contributed by atoms with Crippen molar-refractivity contribution in [1.29, 1.82) is 0 Å². The van der Waals surface area contributed by atoms with Crippen molar-refractivity contribution in [2.24, 2.45) is 24.3 Å². The molecule has 13 atom stereocenters. The molecule has 13 unspecified atom stereocenters. The van der Waals surface area contributed by atoms with E-state index in [9.17, 15) is 48.6 Å². The molecule has 330 valence electrons. The molecule has 2 saturated carbocycles. The van der Waals surface area contributed by atoms with Crippen molar-refractivity contribution >= 4 is 41.8 Å². The number of aliphatic hydroxyl groups is 2. The second-order valence-corrected chi connectivity index (χ2v) is 16.4. The molecule has 3 fully saturated rings. The van der Waals surface area contributed by atoms with Crippen LogP contribution in [-0.4, -0.2) is 128 Å². The van der Waals surface area contributed by atoms with Gasteiger partial charge in [-0.25, -0.2) is 9.59 Å². The molecule has 4 heterocycles. The maximum absolute atomic E-state index is 14.5. The molecule has 2 N–H and O–H groups in total. The van der Waals surface area contributed by atoms with Crippen LogP contribution in [0.2, 0.25) is 0 Å². The van der Waals surface area contributed by atoms with Crippen molar-refractivity contribution in [2.45, 2.75) is 115 Å². The number of carbonyl (C=O) groups is 7. The maximum atomic E-state index is 14.5. The molecule has 6 rings (SSSR count). The van der Waals surface area contributed by atoms with Crippen LogP contribution >= 0.6 is 0 Å². The molecule has 0 radical (unpaired) electrons. The van der Waals surface area contributed by atoms with Gasteiger partial charge in [0.05, 0.1) is 28.7 Å². The molecule has 2 aromatic rings. The van der Waals surface area contributed by atoms with Crippen molar-refractivity contribution in [3.63, 3.8) is 0 Å². The van der Waals surface area contributed by atoms with Crippen LogP contribution in [0.25, 0.3) is 0 Å². The number of aromatic nitrogens is 2. The van der Waals surface area contributed by atoms with Gasteiger partial charge < -0.3 is 52.7 Å². The Kier molecular flexibility index (Phi) is 11.7. The summed E-state index contributed by atoms with van der Waals surface area (Å²) in [5, 5.41) is 26.6. The van der Waals surface area contributed by atoms with Gasteiger partial charge in [0.15, 0.2) is 23.9 Å². The first-order chi connectivity index (χ1) is 28.4. The van der Waals surface area contributed by atoms with Crippen LogP contribution in [0.5, 0.6) is 0 Å². The molecule has 20 nitrogen and oxygen atoms in total. The van der Waals surface area contributed by atoms with Crippen LogP contribution < -0.4 is 5.56 Å². The molecule has 2 aromatic heterocycles. The van der Waals surface area contributed by atoms with E-state index in [1.807, 2.05) is 0 Å². The molecule has 20 heteroatoms. The SMILES string of the molecule is CC(=O)OCC12C(O)C(OC(=O)c3ccc(=O)n(C)c3)C3OC(=O)C(C)C(C)c4ncccc4C(=O)OCC4(C)OC1(C(OC(C)=O)C4C(OC(C)=O)C2OC(C)=O)C3(C)O. The summed E-state index contributed by atoms with van der Waals surface area (Å²) in [6.45, 7) is 7.54. The lowest BCUT2D eigenvalue weighted by Gasteiger charge is -2.67. The van der Waals surface area contributed by atoms with E-state index in [0.717, 1.165) is 57.5 Å².